The van der Waals surface area contributed by atoms with Crippen molar-refractivity contribution in [2.24, 2.45) is 0 Å². The molecule has 3 aliphatic heterocycles. The molecule has 4 aromatic rings. The summed E-state index contributed by atoms with van der Waals surface area (Å²) >= 11 is 0. The summed E-state index contributed by atoms with van der Waals surface area (Å²) < 4.78 is 105. The lowest BCUT2D eigenvalue weighted by atomic mass is 10.1. The van der Waals surface area contributed by atoms with Crippen molar-refractivity contribution in [3.8, 4) is 0 Å². The fourth-order valence-electron chi connectivity index (χ4n) is 5.31. The molecule has 1 aromatic carbocycles. The third-order valence-corrected chi connectivity index (χ3v) is 8.90. The summed E-state index contributed by atoms with van der Waals surface area (Å²) in [5.41, 5.74) is 4.80. The Hall–Kier alpha value is -2.93. The van der Waals surface area contributed by atoms with Crippen molar-refractivity contribution >= 4 is 45.3 Å². The van der Waals surface area contributed by atoms with E-state index in [1.807, 2.05) is 0 Å². The summed E-state index contributed by atoms with van der Waals surface area (Å²) in [6.07, 6.45) is -13.0. The average Bonchev–Trinajstić information content (AvgIpc) is 3.75. The van der Waals surface area contributed by atoms with Crippen molar-refractivity contribution in [1.29, 1.82) is 0 Å². The highest BCUT2D eigenvalue weighted by Gasteiger charge is 2.51. The van der Waals surface area contributed by atoms with Gasteiger partial charge < -0.3 is 38.4 Å². The molecule has 3 aromatic heterocycles. The maximum Gasteiger partial charge on any atom is 0.418 e. The molecule has 3 saturated heterocycles. The first-order valence-corrected chi connectivity index (χ1v) is 15.0. The highest BCUT2D eigenvalue weighted by molar-refractivity contribution is 7.33. The minimum Gasteiger partial charge on any atom is -0.387 e. The molecule has 44 heavy (non-hydrogen) atoms. The van der Waals surface area contributed by atoms with Crippen LogP contribution in [0.3, 0.4) is 0 Å². The van der Waals surface area contributed by atoms with Crippen LogP contribution in [-0.4, -0.2) is 89.5 Å². The van der Waals surface area contributed by atoms with E-state index in [4.69, 9.17) is 33.3 Å². The number of halogens is 4. The van der Waals surface area contributed by atoms with Gasteiger partial charge in [0.1, 0.15) is 47.9 Å². The fraction of sp³-hybridized carbons (Fsp3) is 0.500. The molecule has 236 valence electrons. The third kappa shape index (κ3) is 5.13. The lowest BCUT2D eigenvalue weighted by molar-refractivity contribution is -0.136. The van der Waals surface area contributed by atoms with Crippen LogP contribution >= 0.6 is 17.3 Å². The Balaban J connectivity index is 1.13. The number of nitrogens with two attached hydrogens (primary N) is 1. The molecular weight excluding hydrogens is 642 g/mol. The number of nitrogens with zero attached hydrogens (tertiary/aromatic N) is 7. The van der Waals surface area contributed by atoms with Crippen molar-refractivity contribution in [3.63, 3.8) is 0 Å². The Morgan fingerprint density at radius 1 is 1.07 bits per heavy atom. The van der Waals surface area contributed by atoms with Gasteiger partial charge in [0.25, 0.3) is 0 Å². The second-order valence-corrected chi connectivity index (χ2v) is 11.7. The molecule has 0 amide bonds. The van der Waals surface area contributed by atoms with Gasteiger partial charge in [-0.2, -0.15) is 13.2 Å². The normalized spacial score (nSPS) is 34.2. The van der Waals surface area contributed by atoms with Gasteiger partial charge in [0.2, 0.25) is 0 Å². The lowest BCUT2D eigenvalue weighted by Gasteiger charge is -2.22. The summed E-state index contributed by atoms with van der Waals surface area (Å²) in [4.78, 5) is 12.1. The monoisotopic (exact) mass is 664 g/mol. The van der Waals surface area contributed by atoms with E-state index >= 15 is 4.39 Å². The molecule has 3 aliphatic rings. The third-order valence-electron chi connectivity index (χ3n) is 7.38. The number of ether oxygens (including phenoxy) is 2. The number of anilines is 1. The molecular formula is C22H22F4N8O8P2. The molecule has 2 bridgehead atoms. The molecule has 0 radical (unpaired) electrons. The zero-order valence-electron chi connectivity index (χ0n) is 21.9. The first-order valence-electron chi connectivity index (χ1n) is 12.9. The van der Waals surface area contributed by atoms with Gasteiger partial charge in [0.05, 0.1) is 30.6 Å². The van der Waals surface area contributed by atoms with Crippen LogP contribution in [0.5, 0.6) is 0 Å². The summed E-state index contributed by atoms with van der Waals surface area (Å²) in [5.74, 6) is 0.0816. The first-order chi connectivity index (χ1) is 21.1. The molecule has 0 saturated carbocycles. The molecule has 3 fully saturated rings. The van der Waals surface area contributed by atoms with E-state index in [9.17, 15) is 22.8 Å². The van der Waals surface area contributed by atoms with Crippen molar-refractivity contribution < 1.29 is 54.8 Å². The van der Waals surface area contributed by atoms with E-state index in [1.54, 1.807) is 0 Å². The number of aliphatic hydroxyl groups is 1. The van der Waals surface area contributed by atoms with E-state index in [2.05, 4.69) is 25.3 Å². The van der Waals surface area contributed by atoms with Crippen LogP contribution in [0.2, 0.25) is 0 Å². The molecule has 0 aliphatic carbocycles. The number of hydrogen-bond acceptors (Lipinski definition) is 14. The first kappa shape index (κ1) is 29.8. The summed E-state index contributed by atoms with van der Waals surface area (Å²) in [5, 5.41) is 18.5. The van der Waals surface area contributed by atoms with Crippen molar-refractivity contribution in [2.45, 2.75) is 55.3 Å². The maximum atomic E-state index is 15.8. The van der Waals surface area contributed by atoms with Crippen LogP contribution in [0, 0.1) is 0 Å². The molecule has 2 unspecified atom stereocenters. The Bertz CT molecular complexity index is 1710. The largest absolute Gasteiger partial charge is 0.418 e. The van der Waals surface area contributed by atoms with Crippen LogP contribution in [-0.2, 0) is 38.3 Å². The molecule has 16 nitrogen and oxygen atoms in total. The Morgan fingerprint density at radius 2 is 1.89 bits per heavy atom. The van der Waals surface area contributed by atoms with Crippen molar-refractivity contribution in [2.75, 3.05) is 18.9 Å². The predicted molar refractivity (Wildman–Crippen MR) is 140 cm³/mol. The zero-order chi connectivity index (χ0) is 30.7. The fourth-order valence-corrected chi connectivity index (χ4v) is 6.85. The predicted octanol–water partition coefficient (Wildman–Crippen LogP) is 2.08. The summed E-state index contributed by atoms with van der Waals surface area (Å²) in [6.45, 7) is -0.807. The minimum atomic E-state index is -4.69. The quantitative estimate of drug-likeness (QED) is 0.234. The second kappa shape index (κ2) is 11.5. The molecule has 0 spiro atoms. The number of benzene rings is 1. The zero-order valence-corrected chi connectivity index (χ0v) is 23.9. The smallest absolute Gasteiger partial charge is 0.387 e. The van der Waals surface area contributed by atoms with Gasteiger partial charge in [-0.3, -0.25) is 9.13 Å². The molecule has 3 N–H and O–H groups in total. The van der Waals surface area contributed by atoms with Crippen LogP contribution in [0.4, 0.5) is 23.4 Å². The lowest BCUT2D eigenvalue weighted by Crippen LogP contribution is -2.34. The van der Waals surface area contributed by atoms with E-state index < -0.39 is 90.3 Å². The molecule has 22 heteroatoms. The molecule has 7 rings (SSSR count). The number of hydrogen-bond donors (Lipinski definition) is 2. The Kier molecular flexibility index (Phi) is 7.75. The second-order valence-electron chi connectivity index (χ2n) is 9.97. The van der Waals surface area contributed by atoms with Crippen molar-refractivity contribution in [1.82, 2.24) is 34.5 Å². The number of nitrogen functional groups attached to an aromatic ring is 1. The number of aromatic nitrogens is 7. The van der Waals surface area contributed by atoms with E-state index in [0.717, 1.165) is 10.7 Å². The Labute approximate surface area is 245 Å². The van der Waals surface area contributed by atoms with Gasteiger partial charge >= 0.3 is 14.4 Å². The van der Waals surface area contributed by atoms with Gasteiger partial charge in [-0.05, 0) is 12.1 Å². The van der Waals surface area contributed by atoms with Gasteiger partial charge in [0, 0.05) is 0 Å². The summed E-state index contributed by atoms with van der Waals surface area (Å²) in [7, 11) is -4.20. The standard InChI is InChI=1S/C22H22F4N8O8P2/c23-12-16-11(40-20(12)33-7-30-14-18(27)28-6-29-19(14)33)4-37-43-41-17-15(35)10(5-38-44(36)42-16)39-21(17)34-9-3-1-2-8(22(24,25)26)13(9)31-32-34/h1-3,6-7,10-12,15-17,20-21,35,43-44H,4-5H2,(H2,27,28,29)/t10-,11-,12-,15-,16-,17-,20-,21-/m1/s1. The molecule has 10 atom stereocenters. The van der Waals surface area contributed by atoms with Gasteiger partial charge in [0.15, 0.2) is 39.1 Å². The van der Waals surface area contributed by atoms with Gasteiger partial charge in [-0.25, -0.2) is 24.0 Å². The topological polar surface area (TPSA) is 193 Å². The highest BCUT2D eigenvalue weighted by atomic mass is 31.1. The highest BCUT2D eigenvalue weighted by Crippen LogP contribution is 2.44. The van der Waals surface area contributed by atoms with Crippen molar-refractivity contribution in [3.05, 3.63) is 36.4 Å². The molecule has 6 heterocycles. The van der Waals surface area contributed by atoms with Crippen LogP contribution < -0.4 is 5.73 Å². The number of imidazole rings is 1. The van der Waals surface area contributed by atoms with E-state index in [-0.39, 0.29) is 29.1 Å². The average molecular weight is 664 g/mol. The number of rotatable bonds is 2. The van der Waals surface area contributed by atoms with Crippen LogP contribution in [0.25, 0.3) is 22.2 Å². The van der Waals surface area contributed by atoms with E-state index in [1.165, 1.54) is 29.4 Å². The van der Waals surface area contributed by atoms with Crippen LogP contribution in [0.1, 0.15) is 18.0 Å². The van der Waals surface area contributed by atoms with Gasteiger partial charge in [-0.1, -0.05) is 11.3 Å². The SMILES string of the molecule is Nc1ncnc2c1ncn2[C@@H]1O[C@@H]2COPO[C@@H]3[C@H](O)[C@@H](CO[PH](=O)O[C@H]2[C@H]1F)O[C@H]3n1nnc2c(C(F)(F)F)cccc21. The van der Waals surface area contributed by atoms with Crippen LogP contribution in [0.15, 0.2) is 30.9 Å². The Morgan fingerprint density at radius 3 is 2.70 bits per heavy atom. The van der Waals surface area contributed by atoms with E-state index in [0.29, 0.717) is 0 Å². The number of alkyl halides is 4. The maximum absolute atomic E-state index is 15.8. The number of aliphatic hydroxyl groups excluding tert-OH is 1. The van der Waals surface area contributed by atoms with Gasteiger partial charge in [-0.15, -0.1) is 5.10 Å². The summed E-state index contributed by atoms with van der Waals surface area (Å²) in [6, 6.07) is 3.41. The number of fused-ring (bicyclic) bond motifs is 5. The minimum absolute atomic E-state index is 0.0317.